The lowest BCUT2D eigenvalue weighted by Crippen LogP contribution is -1.96. The molecule has 19 heavy (non-hydrogen) atoms. The Hall–Kier alpha value is -1.16. The summed E-state index contributed by atoms with van der Waals surface area (Å²) in [7, 11) is 0. The minimum atomic E-state index is -0.979. The highest BCUT2D eigenvalue weighted by atomic mass is 35.5. The first-order chi connectivity index (χ1) is 9.08. The van der Waals surface area contributed by atoms with Crippen LogP contribution in [0.3, 0.4) is 0 Å². The third-order valence-electron chi connectivity index (χ3n) is 2.52. The summed E-state index contributed by atoms with van der Waals surface area (Å²) in [6.07, 6.45) is 0. The zero-order valence-corrected chi connectivity index (χ0v) is 12.1. The minimum absolute atomic E-state index is 0.191. The van der Waals surface area contributed by atoms with Gasteiger partial charge in [-0.1, -0.05) is 41.4 Å². The van der Waals surface area contributed by atoms with Crippen LogP contribution in [-0.4, -0.2) is 11.1 Å². The molecular weight excluding hydrogens is 303 g/mol. The fraction of sp³-hybridized carbons (Fsp3) is 0.0714. The summed E-state index contributed by atoms with van der Waals surface area (Å²) in [5.41, 5.74) is 1.08. The highest BCUT2D eigenvalue weighted by molar-refractivity contribution is 7.98. The molecule has 0 saturated carbocycles. The SMILES string of the molecule is O=C(O)c1ccc(CSc2ccccc2Cl)c(Cl)c1. The van der Waals surface area contributed by atoms with Crippen LogP contribution in [0, 0.1) is 0 Å². The molecule has 0 amide bonds. The van der Waals surface area contributed by atoms with E-state index in [9.17, 15) is 4.79 Å². The molecule has 0 aliphatic carbocycles. The van der Waals surface area contributed by atoms with E-state index in [0.717, 1.165) is 10.5 Å². The van der Waals surface area contributed by atoms with Gasteiger partial charge in [0.25, 0.3) is 0 Å². The molecule has 0 saturated heterocycles. The van der Waals surface area contributed by atoms with Gasteiger partial charge in [-0.3, -0.25) is 0 Å². The fourth-order valence-electron chi connectivity index (χ4n) is 1.51. The van der Waals surface area contributed by atoms with E-state index in [1.807, 2.05) is 24.3 Å². The van der Waals surface area contributed by atoms with Crippen molar-refractivity contribution in [2.75, 3.05) is 0 Å². The number of halogens is 2. The Balaban J connectivity index is 2.12. The Morgan fingerprint density at radius 3 is 2.47 bits per heavy atom. The average molecular weight is 313 g/mol. The predicted octanol–water partition coefficient (Wildman–Crippen LogP) is 4.98. The van der Waals surface area contributed by atoms with Gasteiger partial charge in [-0.2, -0.15) is 0 Å². The Bertz CT molecular complexity index is 614. The lowest BCUT2D eigenvalue weighted by atomic mass is 10.1. The monoisotopic (exact) mass is 312 g/mol. The maximum Gasteiger partial charge on any atom is 0.335 e. The standard InChI is InChI=1S/C14H10Cl2O2S/c15-11-3-1-2-4-13(11)19-8-10-6-5-9(14(17)18)7-12(10)16/h1-7H,8H2,(H,17,18). The van der Waals surface area contributed by atoms with E-state index in [-0.39, 0.29) is 5.56 Å². The van der Waals surface area contributed by atoms with Crippen LogP contribution >= 0.6 is 35.0 Å². The number of carbonyl (C=O) groups is 1. The van der Waals surface area contributed by atoms with Gasteiger partial charge in [0.2, 0.25) is 0 Å². The van der Waals surface area contributed by atoms with E-state index in [0.29, 0.717) is 15.8 Å². The lowest BCUT2D eigenvalue weighted by molar-refractivity contribution is 0.0697. The van der Waals surface area contributed by atoms with Crippen molar-refractivity contribution in [2.45, 2.75) is 10.6 Å². The largest absolute Gasteiger partial charge is 0.478 e. The third-order valence-corrected chi connectivity index (χ3v) is 4.44. The highest BCUT2D eigenvalue weighted by Gasteiger charge is 2.08. The Morgan fingerprint density at radius 1 is 1.11 bits per heavy atom. The summed E-state index contributed by atoms with van der Waals surface area (Å²) < 4.78 is 0. The van der Waals surface area contributed by atoms with Gasteiger partial charge < -0.3 is 5.11 Å². The summed E-state index contributed by atoms with van der Waals surface area (Å²) in [5, 5.41) is 10.0. The van der Waals surface area contributed by atoms with Crippen molar-refractivity contribution in [3.8, 4) is 0 Å². The summed E-state index contributed by atoms with van der Waals surface area (Å²) in [5.74, 6) is -0.338. The second-order valence-electron chi connectivity index (χ2n) is 3.83. The molecule has 0 aliphatic heterocycles. The first-order valence-electron chi connectivity index (χ1n) is 5.47. The number of hydrogen-bond donors (Lipinski definition) is 1. The predicted molar refractivity (Wildman–Crippen MR) is 79.4 cm³/mol. The van der Waals surface area contributed by atoms with Crippen molar-refractivity contribution in [3.05, 3.63) is 63.6 Å². The van der Waals surface area contributed by atoms with Crippen molar-refractivity contribution < 1.29 is 9.90 Å². The molecule has 0 aliphatic rings. The van der Waals surface area contributed by atoms with Gasteiger partial charge in [0, 0.05) is 15.7 Å². The summed E-state index contributed by atoms with van der Waals surface area (Å²) in [4.78, 5) is 11.8. The second-order valence-corrected chi connectivity index (χ2v) is 5.66. The van der Waals surface area contributed by atoms with Crippen LogP contribution in [0.25, 0.3) is 0 Å². The molecule has 0 bridgehead atoms. The fourth-order valence-corrected chi connectivity index (χ4v) is 3.08. The van der Waals surface area contributed by atoms with Gasteiger partial charge >= 0.3 is 5.97 Å². The molecule has 0 radical (unpaired) electrons. The van der Waals surface area contributed by atoms with Gasteiger partial charge in [-0.15, -0.1) is 11.8 Å². The van der Waals surface area contributed by atoms with E-state index < -0.39 is 5.97 Å². The minimum Gasteiger partial charge on any atom is -0.478 e. The van der Waals surface area contributed by atoms with Crippen LogP contribution in [0.4, 0.5) is 0 Å². The Labute approximate surface area is 125 Å². The lowest BCUT2D eigenvalue weighted by Gasteiger charge is -2.06. The number of benzene rings is 2. The van der Waals surface area contributed by atoms with Crippen molar-refractivity contribution in [1.29, 1.82) is 0 Å². The van der Waals surface area contributed by atoms with Crippen molar-refractivity contribution in [1.82, 2.24) is 0 Å². The zero-order chi connectivity index (χ0) is 13.8. The molecule has 5 heteroatoms. The molecule has 2 nitrogen and oxygen atoms in total. The van der Waals surface area contributed by atoms with Gasteiger partial charge in [0.1, 0.15) is 0 Å². The maximum absolute atomic E-state index is 10.8. The van der Waals surface area contributed by atoms with Gasteiger partial charge in [0.05, 0.1) is 10.6 Å². The van der Waals surface area contributed by atoms with Crippen LogP contribution in [0.15, 0.2) is 47.4 Å². The molecular formula is C14H10Cl2O2S. The van der Waals surface area contributed by atoms with E-state index in [1.54, 1.807) is 23.9 Å². The normalized spacial score (nSPS) is 10.4. The van der Waals surface area contributed by atoms with Crippen LogP contribution < -0.4 is 0 Å². The molecule has 98 valence electrons. The quantitative estimate of drug-likeness (QED) is 0.809. The molecule has 0 fully saturated rings. The topological polar surface area (TPSA) is 37.3 Å². The molecule has 0 spiro atoms. The molecule has 0 heterocycles. The molecule has 2 rings (SSSR count). The first-order valence-corrected chi connectivity index (χ1v) is 7.21. The number of aromatic carboxylic acids is 1. The second kappa shape index (κ2) is 6.33. The van der Waals surface area contributed by atoms with Crippen LogP contribution in [0.2, 0.25) is 10.0 Å². The number of rotatable bonds is 4. The number of carboxylic acid groups (broad SMARTS) is 1. The average Bonchev–Trinajstić information content (AvgIpc) is 2.39. The summed E-state index contributed by atoms with van der Waals surface area (Å²) in [6, 6.07) is 12.3. The smallest absolute Gasteiger partial charge is 0.335 e. The number of thioether (sulfide) groups is 1. The molecule has 0 atom stereocenters. The third kappa shape index (κ3) is 3.66. The van der Waals surface area contributed by atoms with Crippen molar-refractivity contribution >= 4 is 40.9 Å². The van der Waals surface area contributed by atoms with Crippen LogP contribution in [-0.2, 0) is 5.75 Å². The van der Waals surface area contributed by atoms with Crippen molar-refractivity contribution in [2.24, 2.45) is 0 Å². The zero-order valence-electron chi connectivity index (χ0n) is 9.77. The van der Waals surface area contributed by atoms with Gasteiger partial charge in [-0.05, 0) is 29.8 Å². The molecule has 2 aromatic rings. The first kappa shape index (κ1) is 14.3. The molecule has 0 unspecified atom stereocenters. The number of carboxylic acids is 1. The molecule has 1 N–H and O–H groups in total. The van der Waals surface area contributed by atoms with E-state index >= 15 is 0 Å². The Morgan fingerprint density at radius 2 is 1.84 bits per heavy atom. The summed E-state index contributed by atoms with van der Waals surface area (Å²) >= 11 is 13.7. The maximum atomic E-state index is 10.8. The summed E-state index contributed by atoms with van der Waals surface area (Å²) in [6.45, 7) is 0. The van der Waals surface area contributed by atoms with Crippen molar-refractivity contribution in [3.63, 3.8) is 0 Å². The van der Waals surface area contributed by atoms with E-state index in [2.05, 4.69) is 0 Å². The van der Waals surface area contributed by atoms with E-state index in [4.69, 9.17) is 28.3 Å². The highest BCUT2D eigenvalue weighted by Crippen LogP contribution is 2.31. The van der Waals surface area contributed by atoms with Gasteiger partial charge in [0.15, 0.2) is 0 Å². The van der Waals surface area contributed by atoms with Crippen LogP contribution in [0.1, 0.15) is 15.9 Å². The number of hydrogen-bond acceptors (Lipinski definition) is 2. The van der Waals surface area contributed by atoms with Gasteiger partial charge in [-0.25, -0.2) is 4.79 Å². The molecule has 2 aromatic carbocycles. The molecule has 0 aromatic heterocycles. The van der Waals surface area contributed by atoms with E-state index in [1.165, 1.54) is 6.07 Å². The van der Waals surface area contributed by atoms with Crippen LogP contribution in [0.5, 0.6) is 0 Å². The Kier molecular flexibility index (Phi) is 4.75.